The van der Waals surface area contributed by atoms with E-state index in [2.05, 4.69) is 17.6 Å². The van der Waals surface area contributed by atoms with Crippen LogP contribution in [0, 0.1) is 5.41 Å². The topological polar surface area (TPSA) is 41.1 Å². The van der Waals surface area contributed by atoms with E-state index in [1.54, 1.807) is 18.2 Å². The molecule has 0 aliphatic carbocycles. The second kappa shape index (κ2) is 7.51. The number of hydrogen-bond donors (Lipinski definition) is 2. The lowest BCUT2D eigenvalue weighted by molar-refractivity contribution is 0.0922. The lowest BCUT2D eigenvalue weighted by atomic mass is 9.81. The van der Waals surface area contributed by atoms with Gasteiger partial charge in [0.25, 0.3) is 5.91 Å². The maximum Gasteiger partial charge on any atom is 0.254 e. The van der Waals surface area contributed by atoms with Gasteiger partial charge in [0.15, 0.2) is 0 Å². The van der Waals surface area contributed by atoms with Crippen molar-refractivity contribution in [2.45, 2.75) is 19.8 Å². The van der Waals surface area contributed by atoms with E-state index in [1.165, 1.54) is 0 Å². The number of halogens is 3. The van der Waals surface area contributed by atoms with Gasteiger partial charge in [-0.25, -0.2) is 0 Å². The van der Waals surface area contributed by atoms with E-state index in [1.807, 2.05) is 0 Å². The first-order valence-electron chi connectivity index (χ1n) is 6.45. The predicted molar refractivity (Wildman–Crippen MR) is 86.3 cm³/mol. The van der Waals surface area contributed by atoms with Gasteiger partial charge in [-0.15, -0.1) is 12.4 Å². The van der Waals surface area contributed by atoms with Crippen LogP contribution in [-0.4, -0.2) is 25.5 Å². The van der Waals surface area contributed by atoms with E-state index < -0.39 is 0 Å². The highest BCUT2D eigenvalue weighted by Gasteiger charge is 2.27. The molecule has 0 bridgehead atoms. The van der Waals surface area contributed by atoms with Crippen molar-refractivity contribution in [3.05, 3.63) is 33.8 Å². The summed E-state index contributed by atoms with van der Waals surface area (Å²) in [6.45, 7) is 4.84. The van der Waals surface area contributed by atoms with Crippen LogP contribution < -0.4 is 10.6 Å². The zero-order valence-corrected chi connectivity index (χ0v) is 13.7. The van der Waals surface area contributed by atoms with E-state index >= 15 is 0 Å². The minimum Gasteiger partial charge on any atom is -0.351 e. The van der Waals surface area contributed by atoms with E-state index in [9.17, 15) is 4.79 Å². The van der Waals surface area contributed by atoms with Crippen molar-refractivity contribution in [3.8, 4) is 0 Å². The third-order valence-corrected chi connectivity index (χ3v) is 4.31. The highest BCUT2D eigenvalue weighted by atomic mass is 35.5. The number of carbonyl (C=O) groups excluding carboxylic acids is 1. The van der Waals surface area contributed by atoms with Crippen LogP contribution in [0.5, 0.6) is 0 Å². The normalized spacial score (nSPS) is 17.1. The molecule has 1 heterocycles. The van der Waals surface area contributed by atoms with Crippen molar-refractivity contribution in [2.75, 3.05) is 19.6 Å². The average molecular weight is 338 g/mol. The van der Waals surface area contributed by atoms with Gasteiger partial charge < -0.3 is 10.6 Å². The summed E-state index contributed by atoms with van der Waals surface area (Å²) in [6.07, 6.45) is 2.12. The molecule has 1 aromatic carbocycles. The van der Waals surface area contributed by atoms with E-state index in [0.717, 1.165) is 25.9 Å². The Morgan fingerprint density at radius 1 is 1.30 bits per heavy atom. The Hall–Kier alpha value is -0.480. The fourth-order valence-corrected chi connectivity index (χ4v) is 2.87. The molecule has 0 spiro atoms. The molecule has 1 fully saturated rings. The Morgan fingerprint density at radius 2 is 1.85 bits per heavy atom. The third kappa shape index (κ3) is 4.26. The van der Waals surface area contributed by atoms with Crippen LogP contribution in [0.3, 0.4) is 0 Å². The number of benzene rings is 1. The highest BCUT2D eigenvalue weighted by Crippen LogP contribution is 2.28. The molecular formula is C14H19Cl3N2O. The van der Waals surface area contributed by atoms with Gasteiger partial charge in [-0.3, -0.25) is 4.79 Å². The Morgan fingerprint density at radius 3 is 2.40 bits per heavy atom. The molecule has 1 aromatic rings. The molecule has 0 atom stereocenters. The van der Waals surface area contributed by atoms with Crippen LogP contribution in [0.1, 0.15) is 30.1 Å². The standard InChI is InChI=1S/C14H18Cl2N2O.ClH/c1-14(5-7-17-8-6-14)9-18-13(19)12-10(15)3-2-4-11(12)16;/h2-4,17H,5-9H2,1H3,(H,18,19);1H. The summed E-state index contributed by atoms with van der Waals surface area (Å²) < 4.78 is 0. The monoisotopic (exact) mass is 336 g/mol. The SMILES string of the molecule is CC1(CNC(=O)c2c(Cl)cccc2Cl)CCNCC1.Cl. The van der Waals surface area contributed by atoms with Gasteiger partial charge in [0, 0.05) is 6.54 Å². The minimum atomic E-state index is -0.199. The number of amides is 1. The molecule has 1 amide bonds. The number of piperidine rings is 1. The van der Waals surface area contributed by atoms with Gasteiger partial charge in [-0.05, 0) is 43.5 Å². The smallest absolute Gasteiger partial charge is 0.254 e. The Bertz CT molecular complexity index is 453. The molecule has 2 rings (SSSR count). The van der Waals surface area contributed by atoms with Crippen molar-refractivity contribution in [1.82, 2.24) is 10.6 Å². The van der Waals surface area contributed by atoms with Crippen molar-refractivity contribution < 1.29 is 4.79 Å². The summed E-state index contributed by atoms with van der Waals surface area (Å²) in [5, 5.41) is 7.06. The number of hydrogen-bond acceptors (Lipinski definition) is 2. The Balaban J connectivity index is 0.00000200. The lowest BCUT2D eigenvalue weighted by Crippen LogP contribution is -2.43. The van der Waals surface area contributed by atoms with Crippen LogP contribution in [0.2, 0.25) is 10.0 Å². The van der Waals surface area contributed by atoms with Gasteiger partial charge in [-0.2, -0.15) is 0 Å². The molecule has 6 heteroatoms. The second-order valence-corrected chi connectivity index (χ2v) is 6.15. The van der Waals surface area contributed by atoms with Gasteiger partial charge in [-0.1, -0.05) is 36.2 Å². The zero-order valence-electron chi connectivity index (χ0n) is 11.3. The summed E-state index contributed by atoms with van der Waals surface area (Å²) in [6, 6.07) is 5.08. The molecule has 0 aromatic heterocycles. The highest BCUT2D eigenvalue weighted by molar-refractivity contribution is 6.39. The fourth-order valence-electron chi connectivity index (χ4n) is 2.30. The molecule has 3 nitrogen and oxygen atoms in total. The van der Waals surface area contributed by atoms with E-state index in [0.29, 0.717) is 22.2 Å². The van der Waals surface area contributed by atoms with Crippen LogP contribution in [-0.2, 0) is 0 Å². The van der Waals surface area contributed by atoms with Crippen LogP contribution >= 0.6 is 35.6 Å². The van der Waals surface area contributed by atoms with Crippen LogP contribution in [0.15, 0.2) is 18.2 Å². The molecule has 0 saturated carbocycles. The molecule has 0 unspecified atom stereocenters. The summed E-state index contributed by atoms with van der Waals surface area (Å²) in [5.74, 6) is -0.199. The molecule has 1 aliphatic heterocycles. The quantitative estimate of drug-likeness (QED) is 0.886. The van der Waals surface area contributed by atoms with Gasteiger partial charge in [0.1, 0.15) is 0 Å². The molecule has 112 valence electrons. The second-order valence-electron chi connectivity index (χ2n) is 5.34. The first-order chi connectivity index (χ1) is 9.02. The maximum absolute atomic E-state index is 12.2. The Labute approximate surface area is 135 Å². The maximum atomic E-state index is 12.2. The van der Waals surface area contributed by atoms with Gasteiger partial charge in [0.2, 0.25) is 0 Å². The zero-order chi connectivity index (χ0) is 13.9. The van der Waals surface area contributed by atoms with E-state index in [4.69, 9.17) is 23.2 Å². The van der Waals surface area contributed by atoms with E-state index in [-0.39, 0.29) is 23.7 Å². The summed E-state index contributed by atoms with van der Waals surface area (Å²) >= 11 is 12.1. The molecule has 2 N–H and O–H groups in total. The Kier molecular flexibility index (Phi) is 6.59. The summed E-state index contributed by atoms with van der Waals surface area (Å²) in [4.78, 5) is 12.2. The van der Waals surface area contributed by atoms with Crippen molar-refractivity contribution in [2.24, 2.45) is 5.41 Å². The third-order valence-electron chi connectivity index (χ3n) is 3.68. The number of nitrogens with one attached hydrogen (secondary N) is 2. The minimum absolute atomic E-state index is 0. The number of carbonyl (C=O) groups is 1. The first-order valence-corrected chi connectivity index (χ1v) is 7.20. The van der Waals surface area contributed by atoms with Crippen molar-refractivity contribution in [1.29, 1.82) is 0 Å². The molecular weight excluding hydrogens is 319 g/mol. The molecule has 0 radical (unpaired) electrons. The van der Waals surface area contributed by atoms with Crippen LogP contribution in [0.4, 0.5) is 0 Å². The molecule has 1 saturated heterocycles. The summed E-state index contributed by atoms with van der Waals surface area (Å²) in [5.41, 5.74) is 0.512. The molecule has 1 aliphatic rings. The van der Waals surface area contributed by atoms with Crippen molar-refractivity contribution in [3.63, 3.8) is 0 Å². The molecule has 20 heavy (non-hydrogen) atoms. The number of rotatable bonds is 3. The van der Waals surface area contributed by atoms with Crippen LogP contribution in [0.25, 0.3) is 0 Å². The van der Waals surface area contributed by atoms with Gasteiger partial charge >= 0.3 is 0 Å². The predicted octanol–water partition coefficient (Wildman–Crippen LogP) is 3.53. The fraction of sp³-hybridized carbons (Fsp3) is 0.500. The van der Waals surface area contributed by atoms with Crippen molar-refractivity contribution >= 4 is 41.5 Å². The summed E-state index contributed by atoms with van der Waals surface area (Å²) in [7, 11) is 0. The van der Waals surface area contributed by atoms with Gasteiger partial charge in [0.05, 0.1) is 15.6 Å². The largest absolute Gasteiger partial charge is 0.351 e. The average Bonchev–Trinajstić information content (AvgIpc) is 2.37. The first kappa shape index (κ1) is 17.6. The lowest BCUT2D eigenvalue weighted by Gasteiger charge is -2.34.